The summed E-state index contributed by atoms with van der Waals surface area (Å²) in [5.74, 6) is -1.19. The van der Waals surface area contributed by atoms with E-state index >= 15 is 0 Å². The van der Waals surface area contributed by atoms with E-state index in [1.807, 2.05) is 12.1 Å². The number of fused-ring (bicyclic) bond motifs is 1. The van der Waals surface area contributed by atoms with Gasteiger partial charge in [-0.1, -0.05) is 30.3 Å². The van der Waals surface area contributed by atoms with Crippen molar-refractivity contribution in [1.82, 2.24) is 14.7 Å². The zero-order chi connectivity index (χ0) is 20.3. The second-order valence-electron chi connectivity index (χ2n) is 6.24. The number of aromatic nitrogens is 2. The van der Waals surface area contributed by atoms with Crippen molar-refractivity contribution in [3.05, 3.63) is 70.1 Å². The molecular weight excluding hydrogens is 362 g/mol. The van der Waals surface area contributed by atoms with E-state index in [1.54, 1.807) is 38.4 Å². The van der Waals surface area contributed by atoms with Gasteiger partial charge in [0.1, 0.15) is 18.0 Å². The maximum atomic E-state index is 12.6. The molecule has 3 rings (SSSR count). The number of nitrogens with zero attached hydrogens (tertiary/aromatic N) is 3. The maximum Gasteiger partial charge on any atom is 0.275 e. The van der Waals surface area contributed by atoms with Crippen molar-refractivity contribution in [2.75, 3.05) is 14.2 Å². The van der Waals surface area contributed by atoms with Crippen LogP contribution in [0.2, 0.25) is 0 Å². The molecule has 8 nitrogen and oxygen atoms in total. The second-order valence-corrected chi connectivity index (χ2v) is 6.24. The van der Waals surface area contributed by atoms with Crippen molar-refractivity contribution >= 4 is 22.6 Å². The average Bonchev–Trinajstić information content (AvgIpc) is 2.70. The fourth-order valence-electron chi connectivity index (χ4n) is 2.83. The molecule has 0 aliphatic carbocycles. The number of carbonyl (C=O) groups excluding carboxylic acids is 2. The molecule has 0 saturated carbocycles. The van der Waals surface area contributed by atoms with Crippen molar-refractivity contribution in [3.8, 4) is 5.75 Å². The minimum absolute atomic E-state index is 0.169. The van der Waals surface area contributed by atoms with Crippen LogP contribution in [0.3, 0.4) is 0 Å². The molecule has 0 atom stereocenters. The number of rotatable bonds is 6. The van der Waals surface area contributed by atoms with E-state index in [4.69, 9.17) is 4.74 Å². The van der Waals surface area contributed by atoms with Gasteiger partial charge in [0.15, 0.2) is 0 Å². The standard InChI is InChI=1S/C20H19N3O5/c1-22(11-13-7-9-14(28-2)10-8-13)17(24)12-23-19(25)16-6-4-3-5-15(16)18(21-23)20(26)27/h3-10H,11-12H2,1-2H3,(H,26,27)/p-1. The first kappa shape index (κ1) is 19.1. The van der Waals surface area contributed by atoms with Crippen LogP contribution in [-0.4, -0.2) is 40.7 Å². The van der Waals surface area contributed by atoms with Gasteiger partial charge in [-0.05, 0) is 23.8 Å². The third kappa shape index (κ3) is 3.85. The summed E-state index contributed by atoms with van der Waals surface area (Å²) in [5, 5.41) is 15.6. The fraction of sp³-hybridized carbons (Fsp3) is 0.200. The molecule has 1 amide bonds. The van der Waals surface area contributed by atoms with Gasteiger partial charge in [0.25, 0.3) is 5.56 Å². The van der Waals surface area contributed by atoms with Crippen molar-refractivity contribution in [1.29, 1.82) is 0 Å². The molecule has 28 heavy (non-hydrogen) atoms. The Hall–Kier alpha value is -3.68. The zero-order valence-corrected chi connectivity index (χ0v) is 15.4. The first-order chi connectivity index (χ1) is 13.4. The lowest BCUT2D eigenvalue weighted by atomic mass is 10.1. The van der Waals surface area contributed by atoms with Gasteiger partial charge in [0.2, 0.25) is 5.91 Å². The highest BCUT2D eigenvalue weighted by Gasteiger charge is 2.16. The lowest BCUT2D eigenvalue weighted by molar-refractivity contribution is -0.255. The van der Waals surface area contributed by atoms with Crippen molar-refractivity contribution in [2.24, 2.45) is 0 Å². The van der Waals surface area contributed by atoms with Crippen LogP contribution in [0, 0.1) is 0 Å². The second kappa shape index (κ2) is 7.91. The number of amides is 1. The molecule has 0 bridgehead atoms. The van der Waals surface area contributed by atoms with Gasteiger partial charge in [0, 0.05) is 19.0 Å². The molecule has 1 aromatic heterocycles. The Morgan fingerprint density at radius 1 is 1.11 bits per heavy atom. The van der Waals surface area contributed by atoms with Gasteiger partial charge in [-0.3, -0.25) is 9.59 Å². The number of hydrogen-bond donors (Lipinski definition) is 0. The maximum absolute atomic E-state index is 12.6. The highest BCUT2D eigenvalue weighted by atomic mass is 16.5. The summed E-state index contributed by atoms with van der Waals surface area (Å²) < 4.78 is 5.96. The monoisotopic (exact) mass is 380 g/mol. The lowest BCUT2D eigenvalue weighted by Crippen LogP contribution is -2.37. The number of carboxylic acid groups (broad SMARTS) is 1. The summed E-state index contributed by atoms with van der Waals surface area (Å²) in [7, 11) is 3.16. The molecule has 1 heterocycles. The fourth-order valence-corrected chi connectivity index (χ4v) is 2.83. The van der Waals surface area contributed by atoms with Crippen LogP contribution >= 0.6 is 0 Å². The molecular formula is C20H18N3O5-. The van der Waals surface area contributed by atoms with E-state index in [-0.39, 0.29) is 28.9 Å². The molecule has 8 heteroatoms. The summed E-state index contributed by atoms with van der Waals surface area (Å²) in [6.07, 6.45) is 0. The van der Waals surface area contributed by atoms with Crippen LogP contribution in [0.25, 0.3) is 10.8 Å². The first-order valence-corrected chi connectivity index (χ1v) is 8.49. The molecule has 0 N–H and O–H groups in total. The quantitative estimate of drug-likeness (QED) is 0.614. The van der Waals surface area contributed by atoms with Crippen molar-refractivity contribution in [2.45, 2.75) is 13.1 Å². The number of aromatic carboxylic acids is 1. The Morgan fingerprint density at radius 3 is 2.36 bits per heavy atom. The number of carbonyl (C=O) groups is 2. The molecule has 0 fully saturated rings. The summed E-state index contributed by atoms with van der Waals surface area (Å²) in [6.45, 7) is -0.0604. The van der Waals surface area contributed by atoms with Crippen LogP contribution < -0.4 is 15.4 Å². The normalized spacial score (nSPS) is 10.6. The topological polar surface area (TPSA) is 105 Å². The first-order valence-electron chi connectivity index (χ1n) is 8.49. The van der Waals surface area contributed by atoms with Crippen LogP contribution in [0.4, 0.5) is 0 Å². The Bertz CT molecular complexity index is 1090. The summed E-state index contributed by atoms with van der Waals surface area (Å²) in [6, 6.07) is 13.4. The summed E-state index contributed by atoms with van der Waals surface area (Å²) in [4.78, 5) is 38.0. The molecule has 0 aliphatic heterocycles. The van der Waals surface area contributed by atoms with Gasteiger partial charge in [-0.15, -0.1) is 0 Å². The molecule has 0 aliphatic rings. The largest absolute Gasteiger partial charge is 0.543 e. The molecule has 144 valence electrons. The van der Waals surface area contributed by atoms with Crippen LogP contribution in [0.15, 0.2) is 53.3 Å². The Kier molecular flexibility index (Phi) is 5.39. The van der Waals surface area contributed by atoms with Gasteiger partial charge in [0.05, 0.1) is 18.5 Å². The predicted molar refractivity (Wildman–Crippen MR) is 99.8 cm³/mol. The molecule has 0 unspecified atom stereocenters. The van der Waals surface area contributed by atoms with Gasteiger partial charge in [-0.2, -0.15) is 5.10 Å². The highest BCUT2D eigenvalue weighted by Crippen LogP contribution is 2.14. The minimum atomic E-state index is -1.51. The van der Waals surface area contributed by atoms with Crippen LogP contribution in [-0.2, 0) is 17.9 Å². The molecule has 0 spiro atoms. The van der Waals surface area contributed by atoms with Crippen molar-refractivity contribution in [3.63, 3.8) is 0 Å². The van der Waals surface area contributed by atoms with Gasteiger partial charge >= 0.3 is 0 Å². The highest BCUT2D eigenvalue weighted by molar-refractivity contribution is 6.00. The molecule has 3 aromatic rings. The lowest BCUT2D eigenvalue weighted by Gasteiger charge is -2.18. The van der Waals surface area contributed by atoms with E-state index in [9.17, 15) is 19.5 Å². The number of likely N-dealkylation sites (N-methyl/N-ethyl adjacent to an activating group) is 1. The smallest absolute Gasteiger partial charge is 0.275 e. The third-order valence-corrected chi connectivity index (χ3v) is 4.35. The number of ether oxygens (including phenoxy) is 1. The molecule has 0 radical (unpaired) electrons. The Balaban J connectivity index is 1.84. The molecule has 2 aromatic carbocycles. The minimum Gasteiger partial charge on any atom is -0.543 e. The molecule has 0 saturated heterocycles. The number of benzene rings is 2. The predicted octanol–water partition coefficient (Wildman–Crippen LogP) is 0.427. The van der Waals surface area contributed by atoms with E-state index < -0.39 is 11.5 Å². The van der Waals surface area contributed by atoms with Crippen molar-refractivity contribution < 1.29 is 19.4 Å². The van der Waals surface area contributed by atoms with E-state index in [0.717, 1.165) is 10.2 Å². The zero-order valence-electron chi connectivity index (χ0n) is 15.4. The SMILES string of the molecule is COc1ccc(CN(C)C(=O)Cn2nc(C(=O)[O-])c3ccccc3c2=O)cc1. The van der Waals surface area contributed by atoms with E-state index in [1.165, 1.54) is 17.0 Å². The van der Waals surface area contributed by atoms with Gasteiger partial charge in [-0.25, -0.2) is 4.68 Å². The van der Waals surface area contributed by atoms with Crippen LogP contribution in [0.5, 0.6) is 5.75 Å². The number of hydrogen-bond acceptors (Lipinski definition) is 6. The Labute approximate surface area is 160 Å². The van der Waals surface area contributed by atoms with E-state index in [2.05, 4.69) is 5.10 Å². The van der Waals surface area contributed by atoms with E-state index in [0.29, 0.717) is 12.3 Å². The van der Waals surface area contributed by atoms with Crippen LogP contribution in [0.1, 0.15) is 16.1 Å². The van der Waals surface area contributed by atoms with Gasteiger partial charge < -0.3 is 19.5 Å². The summed E-state index contributed by atoms with van der Waals surface area (Å²) in [5.41, 5.74) is -0.0292. The third-order valence-electron chi connectivity index (χ3n) is 4.35. The number of methoxy groups -OCH3 is 1. The number of carboxylic acids is 1. The Morgan fingerprint density at radius 2 is 1.75 bits per heavy atom. The average molecular weight is 380 g/mol. The summed E-state index contributed by atoms with van der Waals surface area (Å²) >= 11 is 0.